The first-order valence-electron chi connectivity index (χ1n) is 8.04. The van der Waals surface area contributed by atoms with Crippen LogP contribution in [0, 0.1) is 6.92 Å². The highest BCUT2D eigenvalue weighted by Crippen LogP contribution is 2.33. The molecule has 3 aromatic rings. The minimum atomic E-state index is -0.241. The van der Waals surface area contributed by atoms with Gasteiger partial charge in [0.25, 0.3) is 5.91 Å². The smallest absolute Gasteiger partial charge is 0.285 e. The molecule has 4 rings (SSSR count). The molecule has 128 valence electrons. The zero-order valence-electron chi connectivity index (χ0n) is 13.9. The molecule has 2 heterocycles. The van der Waals surface area contributed by atoms with E-state index in [0.717, 1.165) is 16.9 Å². The van der Waals surface area contributed by atoms with Gasteiger partial charge in [0.15, 0.2) is 0 Å². The number of rotatable bonds is 3. The average molecular weight is 380 g/mol. The minimum absolute atomic E-state index is 0.241. The first-order chi connectivity index (χ1) is 12.6. The van der Waals surface area contributed by atoms with Gasteiger partial charge in [0.05, 0.1) is 4.91 Å². The normalized spacial score (nSPS) is 15.5. The third-order valence-electron chi connectivity index (χ3n) is 3.95. The number of hydrogen-bond donors (Lipinski definition) is 0. The molecule has 0 spiro atoms. The predicted octanol–water partition coefficient (Wildman–Crippen LogP) is 5.97. The predicted molar refractivity (Wildman–Crippen MR) is 107 cm³/mol. The summed E-state index contributed by atoms with van der Waals surface area (Å²) in [4.78, 5) is 16.9. The molecule has 0 fully saturated rings. The maximum Gasteiger partial charge on any atom is 0.285 e. The lowest BCUT2D eigenvalue weighted by Gasteiger charge is -1.99. The highest BCUT2D eigenvalue weighted by Gasteiger charge is 2.23. The molecule has 0 saturated carbocycles. The molecule has 2 aromatic carbocycles. The van der Waals surface area contributed by atoms with E-state index in [0.29, 0.717) is 20.7 Å². The molecule has 0 saturated heterocycles. The van der Waals surface area contributed by atoms with Gasteiger partial charge in [-0.1, -0.05) is 53.2 Å². The summed E-state index contributed by atoms with van der Waals surface area (Å²) in [6.07, 6.45) is 1.73. The van der Waals surface area contributed by atoms with Crippen molar-refractivity contribution >= 4 is 40.4 Å². The Balaban J connectivity index is 1.55. The largest absolute Gasteiger partial charge is 0.457 e. The lowest BCUT2D eigenvalue weighted by molar-refractivity contribution is -0.113. The zero-order chi connectivity index (χ0) is 18.1. The summed E-state index contributed by atoms with van der Waals surface area (Å²) in [5, 5.41) is 1.39. The Hall–Kier alpha value is -2.56. The fraction of sp³-hybridized carbons (Fsp3) is 0.0476. The molecule has 5 heteroatoms. The fourth-order valence-corrected chi connectivity index (χ4v) is 3.58. The number of nitrogens with zero attached hydrogens (tertiary/aromatic N) is 1. The van der Waals surface area contributed by atoms with E-state index in [9.17, 15) is 4.79 Å². The molecule has 0 atom stereocenters. The van der Waals surface area contributed by atoms with Crippen LogP contribution in [0.2, 0.25) is 5.02 Å². The van der Waals surface area contributed by atoms with Gasteiger partial charge in [-0.05, 0) is 43.3 Å². The molecule has 0 radical (unpaired) electrons. The first kappa shape index (κ1) is 16.9. The van der Waals surface area contributed by atoms with Crippen molar-refractivity contribution in [1.82, 2.24) is 0 Å². The van der Waals surface area contributed by atoms with Gasteiger partial charge in [-0.15, -0.1) is 0 Å². The number of aliphatic imine (C=N–C) groups is 1. The van der Waals surface area contributed by atoms with Crippen molar-refractivity contribution in [1.29, 1.82) is 0 Å². The monoisotopic (exact) mass is 379 g/mol. The number of carbonyl (C=O) groups is 1. The second-order valence-electron chi connectivity index (χ2n) is 5.91. The Morgan fingerprint density at radius 1 is 0.962 bits per heavy atom. The second kappa shape index (κ2) is 6.98. The molecule has 0 bridgehead atoms. The van der Waals surface area contributed by atoms with Gasteiger partial charge < -0.3 is 4.42 Å². The third kappa shape index (κ3) is 3.52. The van der Waals surface area contributed by atoms with Crippen molar-refractivity contribution in [3.63, 3.8) is 0 Å². The highest BCUT2D eigenvalue weighted by molar-refractivity contribution is 8.19. The molecule has 26 heavy (non-hydrogen) atoms. The molecule has 3 nitrogen and oxygen atoms in total. The van der Waals surface area contributed by atoms with E-state index < -0.39 is 0 Å². The Morgan fingerprint density at radius 2 is 1.65 bits per heavy atom. The molecule has 1 aliphatic heterocycles. The summed E-state index contributed by atoms with van der Waals surface area (Å²) in [7, 11) is 0. The number of halogens is 1. The lowest BCUT2D eigenvalue weighted by Crippen LogP contribution is -1.90. The average Bonchev–Trinajstić information content (AvgIpc) is 3.24. The molecule has 0 aliphatic carbocycles. The van der Waals surface area contributed by atoms with Crippen LogP contribution in [0.25, 0.3) is 17.4 Å². The Kier molecular flexibility index (Phi) is 4.53. The van der Waals surface area contributed by atoms with Crippen molar-refractivity contribution in [2.45, 2.75) is 6.92 Å². The van der Waals surface area contributed by atoms with E-state index >= 15 is 0 Å². The van der Waals surface area contributed by atoms with E-state index in [-0.39, 0.29) is 5.91 Å². The van der Waals surface area contributed by atoms with Crippen LogP contribution in [0.15, 0.2) is 75.0 Å². The van der Waals surface area contributed by atoms with Crippen molar-refractivity contribution in [3.05, 3.63) is 87.5 Å². The van der Waals surface area contributed by atoms with Gasteiger partial charge in [-0.25, -0.2) is 4.99 Å². The standard InChI is InChI=1S/C21H14ClNO2S/c1-13-2-4-15(5-3-13)21-23-20(24)19(26-21)12-17-10-11-18(25-17)14-6-8-16(22)9-7-14/h2-12H,1H3/b19-12+. The van der Waals surface area contributed by atoms with Gasteiger partial charge in [-0.3, -0.25) is 4.79 Å². The number of carbonyl (C=O) groups excluding carboxylic acids is 1. The van der Waals surface area contributed by atoms with Crippen molar-refractivity contribution in [2.24, 2.45) is 4.99 Å². The molecule has 1 aliphatic rings. The molecular weight excluding hydrogens is 366 g/mol. The Morgan fingerprint density at radius 3 is 2.38 bits per heavy atom. The Bertz CT molecular complexity index is 1030. The number of aryl methyl sites for hydroxylation is 1. The van der Waals surface area contributed by atoms with E-state index in [4.69, 9.17) is 16.0 Å². The van der Waals surface area contributed by atoms with Gasteiger partial charge in [-0.2, -0.15) is 0 Å². The van der Waals surface area contributed by atoms with E-state index in [2.05, 4.69) is 4.99 Å². The van der Waals surface area contributed by atoms with E-state index in [1.54, 1.807) is 6.08 Å². The first-order valence-corrected chi connectivity index (χ1v) is 9.23. The Labute approximate surface area is 160 Å². The quantitative estimate of drug-likeness (QED) is 0.526. The number of benzene rings is 2. The second-order valence-corrected chi connectivity index (χ2v) is 7.37. The van der Waals surface area contributed by atoms with Crippen LogP contribution in [0.3, 0.4) is 0 Å². The van der Waals surface area contributed by atoms with Crippen LogP contribution in [0.1, 0.15) is 16.9 Å². The summed E-state index contributed by atoms with van der Waals surface area (Å²) in [5.41, 5.74) is 3.05. The highest BCUT2D eigenvalue weighted by atomic mass is 35.5. The van der Waals surface area contributed by atoms with Crippen LogP contribution in [0.4, 0.5) is 0 Å². The lowest BCUT2D eigenvalue weighted by atomic mass is 10.2. The number of hydrogen-bond acceptors (Lipinski definition) is 3. The van der Waals surface area contributed by atoms with E-state index in [1.807, 2.05) is 67.6 Å². The van der Waals surface area contributed by atoms with E-state index in [1.165, 1.54) is 17.3 Å². The van der Waals surface area contributed by atoms with Crippen molar-refractivity contribution in [2.75, 3.05) is 0 Å². The maximum absolute atomic E-state index is 12.2. The van der Waals surface area contributed by atoms with Gasteiger partial charge in [0.2, 0.25) is 0 Å². The summed E-state index contributed by atoms with van der Waals surface area (Å²) in [6, 6.07) is 19.1. The number of furan rings is 1. The SMILES string of the molecule is Cc1ccc(C2=NC(=O)/C(=C\c3ccc(-c4ccc(Cl)cc4)o3)S2)cc1. The third-order valence-corrected chi connectivity index (χ3v) is 5.23. The van der Waals surface area contributed by atoms with Crippen molar-refractivity contribution in [3.8, 4) is 11.3 Å². The van der Waals surface area contributed by atoms with Gasteiger partial charge in [0.1, 0.15) is 16.6 Å². The molecular formula is C21H14ClNO2S. The molecule has 1 amide bonds. The van der Waals surface area contributed by atoms with Crippen molar-refractivity contribution < 1.29 is 9.21 Å². The molecule has 0 unspecified atom stereocenters. The number of thioether (sulfide) groups is 1. The maximum atomic E-state index is 12.2. The van der Waals surface area contributed by atoms with Gasteiger partial charge in [0, 0.05) is 22.2 Å². The summed E-state index contributed by atoms with van der Waals surface area (Å²) < 4.78 is 5.84. The van der Waals surface area contributed by atoms with Crippen LogP contribution >= 0.6 is 23.4 Å². The minimum Gasteiger partial charge on any atom is -0.457 e. The van der Waals surface area contributed by atoms with Crippen LogP contribution in [-0.4, -0.2) is 11.0 Å². The summed E-state index contributed by atoms with van der Waals surface area (Å²) in [5.74, 6) is 1.10. The molecule has 0 N–H and O–H groups in total. The van der Waals surface area contributed by atoms with Crippen LogP contribution in [-0.2, 0) is 4.79 Å². The zero-order valence-corrected chi connectivity index (χ0v) is 15.5. The van der Waals surface area contributed by atoms with Crippen LogP contribution in [0.5, 0.6) is 0 Å². The topological polar surface area (TPSA) is 42.6 Å². The summed E-state index contributed by atoms with van der Waals surface area (Å²) >= 11 is 7.28. The van der Waals surface area contributed by atoms with Gasteiger partial charge >= 0.3 is 0 Å². The molecule has 1 aromatic heterocycles. The number of amides is 1. The van der Waals surface area contributed by atoms with Crippen LogP contribution < -0.4 is 0 Å². The fourth-order valence-electron chi connectivity index (χ4n) is 2.56. The summed E-state index contributed by atoms with van der Waals surface area (Å²) in [6.45, 7) is 2.03.